The zero-order chi connectivity index (χ0) is 16.8. The van der Waals surface area contributed by atoms with Gasteiger partial charge in [0.1, 0.15) is 6.61 Å². The molecule has 0 unspecified atom stereocenters. The highest BCUT2D eigenvalue weighted by molar-refractivity contribution is 5.73. The van der Waals surface area contributed by atoms with Gasteiger partial charge in [-0.1, -0.05) is 0 Å². The lowest BCUT2D eigenvalue weighted by Gasteiger charge is -2.29. The van der Waals surface area contributed by atoms with E-state index in [0.29, 0.717) is 31.5 Å². The van der Waals surface area contributed by atoms with Crippen molar-refractivity contribution in [2.45, 2.75) is 19.4 Å². The van der Waals surface area contributed by atoms with Crippen molar-refractivity contribution in [2.24, 2.45) is 5.92 Å². The number of nitro groups is 1. The molecular formula is C15H18N2O6. The molecule has 1 amide bonds. The Balaban J connectivity index is 1.79. The van der Waals surface area contributed by atoms with Gasteiger partial charge in [0, 0.05) is 25.2 Å². The molecule has 124 valence electrons. The summed E-state index contributed by atoms with van der Waals surface area (Å²) >= 11 is 0. The Morgan fingerprint density at radius 1 is 1.26 bits per heavy atom. The predicted molar refractivity (Wildman–Crippen MR) is 79.6 cm³/mol. The van der Waals surface area contributed by atoms with Crippen molar-refractivity contribution < 1.29 is 24.0 Å². The van der Waals surface area contributed by atoms with Gasteiger partial charge in [0.15, 0.2) is 0 Å². The first-order chi connectivity index (χ1) is 11.0. The zero-order valence-electron chi connectivity index (χ0n) is 12.8. The van der Waals surface area contributed by atoms with Crippen LogP contribution in [0.15, 0.2) is 24.3 Å². The van der Waals surface area contributed by atoms with Gasteiger partial charge in [0.25, 0.3) is 5.69 Å². The highest BCUT2D eigenvalue weighted by Crippen LogP contribution is 2.19. The van der Waals surface area contributed by atoms with Crippen LogP contribution in [0.4, 0.5) is 10.5 Å². The summed E-state index contributed by atoms with van der Waals surface area (Å²) in [5, 5.41) is 10.6. The van der Waals surface area contributed by atoms with Crippen LogP contribution < -0.4 is 0 Å². The smallest absolute Gasteiger partial charge is 0.410 e. The summed E-state index contributed by atoms with van der Waals surface area (Å²) in [4.78, 5) is 35.0. The number of esters is 1. The van der Waals surface area contributed by atoms with Crippen molar-refractivity contribution in [3.05, 3.63) is 39.9 Å². The van der Waals surface area contributed by atoms with E-state index in [1.165, 1.54) is 19.2 Å². The lowest BCUT2D eigenvalue weighted by atomic mass is 9.97. The molecule has 8 heteroatoms. The number of piperidine rings is 1. The average Bonchev–Trinajstić information content (AvgIpc) is 2.59. The number of likely N-dealkylation sites (tertiary alicyclic amines) is 1. The Labute approximate surface area is 133 Å². The number of benzene rings is 1. The second-order valence-electron chi connectivity index (χ2n) is 5.26. The standard InChI is InChI=1S/C15H18N2O6/c1-22-14(18)12-6-8-16(9-7-12)15(19)23-10-11-2-4-13(5-3-11)17(20)21/h2-5,12H,6-10H2,1H3. The molecule has 1 aromatic rings. The maximum Gasteiger partial charge on any atom is 0.410 e. The predicted octanol–water partition coefficient (Wildman–Crippen LogP) is 2.12. The molecule has 0 N–H and O–H groups in total. The Morgan fingerprint density at radius 3 is 2.39 bits per heavy atom. The monoisotopic (exact) mass is 322 g/mol. The summed E-state index contributed by atoms with van der Waals surface area (Å²) in [6.45, 7) is 0.936. The molecule has 1 aliphatic rings. The number of methoxy groups -OCH3 is 1. The van der Waals surface area contributed by atoms with Crippen molar-refractivity contribution in [3.63, 3.8) is 0 Å². The van der Waals surface area contributed by atoms with Crippen LogP contribution >= 0.6 is 0 Å². The summed E-state index contributed by atoms with van der Waals surface area (Å²) in [5.74, 6) is -0.414. The third-order valence-corrected chi connectivity index (χ3v) is 3.80. The lowest BCUT2D eigenvalue weighted by Crippen LogP contribution is -2.40. The van der Waals surface area contributed by atoms with Crippen LogP contribution in [0.1, 0.15) is 18.4 Å². The Bertz CT molecular complexity index is 578. The highest BCUT2D eigenvalue weighted by atomic mass is 16.6. The van der Waals surface area contributed by atoms with Gasteiger partial charge in [0.05, 0.1) is 18.0 Å². The molecule has 1 aromatic carbocycles. The minimum Gasteiger partial charge on any atom is -0.469 e. The maximum absolute atomic E-state index is 12.0. The van der Waals surface area contributed by atoms with Crippen molar-refractivity contribution in [3.8, 4) is 0 Å². The van der Waals surface area contributed by atoms with E-state index in [4.69, 9.17) is 9.47 Å². The number of rotatable bonds is 4. The van der Waals surface area contributed by atoms with Crippen LogP contribution in [-0.2, 0) is 20.9 Å². The topological polar surface area (TPSA) is 99.0 Å². The summed E-state index contributed by atoms with van der Waals surface area (Å²) in [7, 11) is 1.35. The van der Waals surface area contributed by atoms with Crippen LogP contribution in [0.3, 0.4) is 0 Å². The van der Waals surface area contributed by atoms with Crippen molar-refractivity contribution in [1.82, 2.24) is 4.90 Å². The molecule has 23 heavy (non-hydrogen) atoms. The van der Waals surface area contributed by atoms with E-state index in [2.05, 4.69) is 0 Å². The third kappa shape index (κ3) is 4.41. The molecule has 1 aliphatic heterocycles. The summed E-state index contributed by atoms with van der Waals surface area (Å²) in [6.07, 6.45) is 0.658. The quantitative estimate of drug-likeness (QED) is 0.478. The Morgan fingerprint density at radius 2 is 1.87 bits per heavy atom. The normalized spacial score (nSPS) is 15.1. The molecule has 1 fully saturated rings. The fraction of sp³-hybridized carbons (Fsp3) is 0.467. The van der Waals surface area contributed by atoms with E-state index in [0.717, 1.165) is 0 Å². The highest BCUT2D eigenvalue weighted by Gasteiger charge is 2.28. The minimum absolute atomic E-state index is 0.00930. The number of hydrogen-bond donors (Lipinski definition) is 0. The fourth-order valence-corrected chi connectivity index (χ4v) is 2.41. The number of nitrogens with zero attached hydrogens (tertiary/aromatic N) is 2. The number of carbonyl (C=O) groups excluding carboxylic acids is 2. The lowest BCUT2D eigenvalue weighted by molar-refractivity contribution is -0.384. The number of amides is 1. The van der Waals surface area contributed by atoms with Gasteiger partial charge in [-0.15, -0.1) is 0 Å². The van der Waals surface area contributed by atoms with E-state index in [-0.39, 0.29) is 24.2 Å². The summed E-state index contributed by atoms with van der Waals surface area (Å²) < 4.78 is 9.89. The minimum atomic E-state index is -0.485. The molecular weight excluding hydrogens is 304 g/mol. The van der Waals surface area contributed by atoms with Crippen LogP contribution in [0, 0.1) is 16.0 Å². The molecule has 8 nitrogen and oxygen atoms in total. The number of non-ortho nitro benzene ring substituents is 1. The van der Waals surface area contributed by atoms with Gasteiger partial charge in [-0.2, -0.15) is 0 Å². The van der Waals surface area contributed by atoms with Gasteiger partial charge >= 0.3 is 12.1 Å². The summed E-state index contributed by atoms with van der Waals surface area (Å²) in [5.41, 5.74) is 0.665. The van der Waals surface area contributed by atoms with Crippen LogP contribution in [-0.4, -0.2) is 42.1 Å². The van der Waals surface area contributed by atoms with Crippen LogP contribution in [0.5, 0.6) is 0 Å². The van der Waals surface area contributed by atoms with E-state index < -0.39 is 11.0 Å². The first-order valence-corrected chi connectivity index (χ1v) is 7.24. The molecule has 0 spiro atoms. The van der Waals surface area contributed by atoms with E-state index >= 15 is 0 Å². The molecule has 1 saturated heterocycles. The molecule has 0 aliphatic carbocycles. The number of ether oxygens (including phenoxy) is 2. The maximum atomic E-state index is 12.0. The molecule has 0 bridgehead atoms. The summed E-state index contributed by atoms with van der Waals surface area (Å²) in [6, 6.07) is 5.83. The fourth-order valence-electron chi connectivity index (χ4n) is 2.41. The molecule has 0 atom stereocenters. The van der Waals surface area contributed by atoms with Crippen molar-refractivity contribution in [2.75, 3.05) is 20.2 Å². The van der Waals surface area contributed by atoms with Crippen LogP contribution in [0.25, 0.3) is 0 Å². The number of carbonyl (C=O) groups is 2. The average molecular weight is 322 g/mol. The second-order valence-corrected chi connectivity index (χ2v) is 5.26. The molecule has 0 saturated carbocycles. The van der Waals surface area contributed by atoms with E-state index in [1.54, 1.807) is 17.0 Å². The third-order valence-electron chi connectivity index (χ3n) is 3.80. The van der Waals surface area contributed by atoms with Crippen molar-refractivity contribution in [1.29, 1.82) is 0 Å². The SMILES string of the molecule is COC(=O)C1CCN(C(=O)OCc2ccc([N+](=O)[O-])cc2)CC1. The van der Waals surface area contributed by atoms with Gasteiger partial charge < -0.3 is 14.4 Å². The molecule has 1 heterocycles. The largest absolute Gasteiger partial charge is 0.469 e. The van der Waals surface area contributed by atoms with Gasteiger partial charge in [-0.05, 0) is 30.5 Å². The van der Waals surface area contributed by atoms with Gasteiger partial charge in [0.2, 0.25) is 0 Å². The Kier molecular flexibility index (Phi) is 5.51. The van der Waals surface area contributed by atoms with E-state index in [9.17, 15) is 19.7 Å². The number of hydrogen-bond acceptors (Lipinski definition) is 6. The molecule has 0 aromatic heterocycles. The van der Waals surface area contributed by atoms with E-state index in [1.807, 2.05) is 0 Å². The Hall–Kier alpha value is -2.64. The molecule has 2 rings (SSSR count). The number of nitro benzene ring substituents is 1. The first kappa shape index (κ1) is 16.7. The van der Waals surface area contributed by atoms with Gasteiger partial charge in [-0.3, -0.25) is 14.9 Å². The van der Waals surface area contributed by atoms with Gasteiger partial charge in [-0.25, -0.2) is 4.79 Å². The second kappa shape index (κ2) is 7.57. The van der Waals surface area contributed by atoms with Crippen molar-refractivity contribution >= 4 is 17.7 Å². The van der Waals surface area contributed by atoms with Crippen LogP contribution in [0.2, 0.25) is 0 Å². The molecule has 0 radical (unpaired) electrons. The first-order valence-electron chi connectivity index (χ1n) is 7.24. The zero-order valence-corrected chi connectivity index (χ0v) is 12.8.